The third-order valence-corrected chi connectivity index (χ3v) is 13.0. The third kappa shape index (κ3) is 14.9. The summed E-state index contributed by atoms with van der Waals surface area (Å²) in [6.07, 6.45) is 2.13. The quantitative estimate of drug-likeness (QED) is 0.0374. The summed E-state index contributed by atoms with van der Waals surface area (Å²) in [6.45, 7) is 8.94. The van der Waals surface area contributed by atoms with Crippen LogP contribution in [-0.4, -0.2) is 95.2 Å². The molecule has 3 atom stereocenters. The lowest BCUT2D eigenvalue weighted by Crippen LogP contribution is -2.55. The van der Waals surface area contributed by atoms with Crippen molar-refractivity contribution in [3.05, 3.63) is 143 Å². The number of allylic oxidation sites excluding steroid dienone is 1. The molecule has 4 amide bonds. The van der Waals surface area contributed by atoms with Gasteiger partial charge in [0.25, 0.3) is 0 Å². The summed E-state index contributed by atoms with van der Waals surface area (Å²) in [5.41, 5.74) is 10.7. The van der Waals surface area contributed by atoms with Gasteiger partial charge < -0.3 is 35.0 Å². The monoisotopic (exact) mass is 951 g/mol. The van der Waals surface area contributed by atoms with E-state index in [9.17, 15) is 24.3 Å². The number of likely N-dealkylation sites (tertiary alicyclic amines) is 1. The van der Waals surface area contributed by atoms with Gasteiger partial charge in [0.2, 0.25) is 17.7 Å². The Kier molecular flexibility index (Phi) is 19.6. The molecule has 5 aromatic rings. The maximum atomic E-state index is 13.8. The molecular weight excluding hydrogens is 887 g/mol. The van der Waals surface area contributed by atoms with Gasteiger partial charge in [-0.2, -0.15) is 0 Å². The van der Waals surface area contributed by atoms with E-state index in [0.717, 1.165) is 39.2 Å². The number of aliphatic hydroxyl groups is 1. The molecule has 0 radical (unpaired) electrons. The lowest BCUT2D eigenvalue weighted by molar-refractivity contribution is -0.142. The Morgan fingerprint density at radius 2 is 1.54 bits per heavy atom. The van der Waals surface area contributed by atoms with Gasteiger partial charge in [0.1, 0.15) is 31.0 Å². The Morgan fingerprint density at radius 3 is 2.19 bits per heavy atom. The van der Waals surface area contributed by atoms with Crippen LogP contribution in [0.5, 0.6) is 5.75 Å². The van der Waals surface area contributed by atoms with Crippen LogP contribution >= 0.6 is 11.3 Å². The Bertz CT molecular complexity index is 2550. The van der Waals surface area contributed by atoms with Crippen molar-refractivity contribution in [1.29, 1.82) is 0 Å². The van der Waals surface area contributed by atoms with E-state index in [1.54, 1.807) is 18.4 Å². The van der Waals surface area contributed by atoms with Crippen molar-refractivity contribution >= 4 is 46.3 Å². The largest absolute Gasteiger partial charge is 0.492 e. The first-order valence-corrected chi connectivity index (χ1v) is 24.8. The molecule has 12 nitrogen and oxygen atoms in total. The van der Waals surface area contributed by atoms with Gasteiger partial charge in [-0.25, -0.2) is 9.78 Å². The molecule has 1 aliphatic rings. The van der Waals surface area contributed by atoms with E-state index in [1.165, 1.54) is 26.5 Å². The van der Waals surface area contributed by atoms with E-state index >= 15 is 0 Å². The molecule has 13 heteroatoms. The predicted octanol–water partition coefficient (Wildman–Crippen LogP) is 9.31. The Morgan fingerprint density at radius 1 is 0.870 bits per heavy atom. The molecule has 0 bridgehead atoms. The zero-order chi connectivity index (χ0) is 49.1. The summed E-state index contributed by atoms with van der Waals surface area (Å²) < 4.78 is 11.4. The molecule has 6 rings (SSSR count). The fourth-order valence-electron chi connectivity index (χ4n) is 8.27. The number of rotatable bonds is 21. The number of aromatic nitrogens is 1. The molecular formula is C56H65N5O7S. The minimum atomic E-state index is -0.847. The van der Waals surface area contributed by atoms with Crippen molar-refractivity contribution in [1.82, 2.24) is 25.4 Å². The second-order valence-corrected chi connectivity index (χ2v) is 18.4. The molecule has 1 fully saturated rings. The highest BCUT2D eigenvalue weighted by Crippen LogP contribution is 2.35. The SMILES string of the molecule is CC/C(=C(\c1ccccc1)c1ccc(OCCN(C)C(=O)OCCC#CCCCCC(=O)N[C@H](C(=O)N2C[C@H](O)C[C@H]2C(=O)NCc2ccc(-c3scnc3C)cc2)C(C)C)cc1)c1ccccc1. The average Bonchev–Trinajstić information content (AvgIpc) is 3.99. The van der Waals surface area contributed by atoms with Crippen LogP contribution in [0.1, 0.15) is 93.7 Å². The number of nitrogens with one attached hydrogen (secondary N) is 2. The lowest BCUT2D eigenvalue weighted by atomic mass is 9.88. The van der Waals surface area contributed by atoms with E-state index in [0.29, 0.717) is 44.6 Å². The van der Waals surface area contributed by atoms with Gasteiger partial charge in [-0.05, 0) is 83.2 Å². The minimum absolute atomic E-state index is 0.0177. The van der Waals surface area contributed by atoms with Crippen molar-refractivity contribution < 1.29 is 33.8 Å². The maximum Gasteiger partial charge on any atom is 0.409 e. The predicted molar refractivity (Wildman–Crippen MR) is 273 cm³/mol. The molecule has 1 aliphatic heterocycles. The van der Waals surface area contributed by atoms with E-state index in [2.05, 4.69) is 95.0 Å². The number of carbonyl (C=O) groups is 4. The molecule has 0 spiro atoms. The van der Waals surface area contributed by atoms with Crippen LogP contribution in [0.2, 0.25) is 0 Å². The molecule has 1 saturated heterocycles. The number of likely N-dealkylation sites (N-methyl/N-ethyl adjacent to an activating group) is 1. The Hall–Kier alpha value is -6.75. The summed E-state index contributed by atoms with van der Waals surface area (Å²) in [5, 5.41) is 16.3. The van der Waals surface area contributed by atoms with Gasteiger partial charge in [0, 0.05) is 45.8 Å². The summed E-state index contributed by atoms with van der Waals surface area (Å²) in [6, 6.07) is 35.2. The highest BCUT2D eigenvalue weighted by atomic mass is 32.1. The number of hydrogen-bond acceptors (Lipinski definition) is 9. The standard InChI is InChI=1S/C56H65N5O7S/c1-6-48(42-19-13-11-14-20-42)51(43-21-15-12-16-22-43)44-28-30-47(31-29-44)67-34-32-60(5)56(66)68-33-18-10-8-7-9-17-23-50(63)59-52(39(2)3)55(65)61-37-46(62)35-49(61)54(64)57-36-41-24-26-45(27-25-41)53-40(4)58-38-69-53/h11-16,19-22,24-31,38-39,46,49,52,62H,6-7,9,17-18,23,32-37H2,1-5H3,(H,57,64)(H,59,63)/b51-48-/t46-,49+,52+/m1/s1. The van der Waals surface area contributed by atoms with Crippen molar-refractivity contribution in [2.45, 2.75) is 97.4 Å². The van der Waals surface area contributed by atoms with Gasteiger partial charge in [-0.1, -0.05) is 124 Å². The number of hydrogen-bond donors (Lipinski definition) is 3. The molecule has 4 aromatic carbocycles. The molecule has 69 heavy (non-hydrogen) atoms. The minimum Gasteiger partial charge on any atom is -0.492 e. The van der Waals surface area contributed by atoms with Gasteiger partial charge in [-0.3, -0.25) is 14.4 Å². The Labute approximate surface area is 411 Å². The highest BCUT2D eigenvalue weighted by molar-refractivity contribution is 7.13. The molecule has 362 valence electrons. The van der Waals surface area contributed by atoms with Crippen LogP contribution in [0, 0.1) is 24.7 Å². The fraction of sp³-hybridized carbons (Fsp3) is 0.375. The Balaban J connectivity index is 0.859. The zero-order valence-corrected chi connectivity index (χ0v) is 41.2. The highest BCUT2D eigenvalue weighted by Gasteiger charge is 2.42. The molecule has 0 aliphatic carbocycles. The van der Waals surface area contributed by atoms with Crippen LogP contribution in [0.25, 0.3) is 21.6 Å². The number of aryl methyl sites for hydroxylation is 1. The lowest BCUT2D eigenvalue weighted by Gasteiger charge is -2.30. The number of thiazole rings is 1. The van der Waals surface area contributed by atoms with Crippen molar-refractivity contribution in [2.75, 3.05) is 33.4 Å². The summed E-state index contributed by atoms with van der Waals surface area (Å²) in [5.74, 6) is 5.59. The van der Waals surface area contributed by atoms with E-state index < -0.39 is 24.3 Å². The average molecular weight is 952 g/mol. The van der Waals surface area contributed by atoms with Crippen molar-refractivity contribution in [3.63, 3.8) is 0 Å². The molecule has 3 N–H and O–H groups in total. The zero-order valence-electron chi connectivity index (χ0n) is 40.4. The molecule has 1 aromatic heterocycles. The summed E-state index contributed by atoms with van der Waals surface area (Å²) in [4.78, 5) is 61.0. The first-order valence-electron chi connectivity index (χ1n) is 23.9. The maximum absolute atomic E-state index is 13.8. The second-order valence-electron chi connectivity index (χ2n) is 17.5. The third-order valence-electron chi connectivity index (χ3n) is 12.1. The summed E-state index contributed by atoms with van der Waals surface area (Å²) in [7, 11) is 1.67. The van der Waals surface area contributed by atoms with Gasteiger partial charge in [0.15, 0.2) is 0 Å². The van der Waals surface area contributed by atoms with Gasteiger partial charge in [0.05, 0.1) is 28.7 Å². The van der Waals surface area contributed by atoms with Crippen LogP contribution in [0.15, 0.2) is 115 Å². The summed E-state index contributed by atoms with van der Waals surface area (Å²) >= 11 is 1.58. The number of amides is 4. The molecule has 0 unspecified atom stereocenters. The van der Waals surface area contributed by atoms with Crippen molar-refractivity contribution in [2.24, 2.45) is 5.92 Å². The van der Waals surface area contributed by atoms with Gasteiger partial charge >= 0.3 is 6.09 Å². The van der Waals surface area contributed by atoms with E-state index in [-0.39, 0.29) is 56.2 Å². The van der Waals surface area contributed by atoms with E-state index in [4.69, 9.17) is 9.47 Å². The number of nitrogens with zero attached hydrogens (tertiary/aromatic N) is 3. The van der Waals surface area contributed by atoms with E-state index in [1.807, 2.05) is 74.8 Å². The molecule has 0 saturated carbocycles. The van der Waals surface area contributed by atoms with Crippen LogP contribution < -0.4 is 15.4 Å². The number of aliphatic hydroxyl groups excluding tert-OH is 1. The smallest absolute Gasteiger partial charge is 0.409 e. The first kappa shape index (κ1) is 51.6. The first-order chi connectivity index (χ1) is 33.4. The number of carbonyl (C=O) groups excluding carboxylic acids is 4. The number of unbranched alkanes of at least 4 members (excludes halogenated alkanes) is 2. The molecule has 2 heterocycles. The number of benzene rings is 4. The number of β-amino-alcohol motifs (C(OH)–C–C–N with tert-alkyl or cyclic N) is 1. The van der Waals surface area contributed by atoms with Crippen LogP contribution in [-0.2, 0) is 25.7 Å². The van der Waals surface area contributed by atoms with Crippen LogP contribution in [0.3, 0.4) is 0 Å². The topological polar surface area (TPSA) is 150 Å². The van der Waals surface area contributed by atoms with Crippen molar-refractivity contribution in [3.8, 4) is 28.0 Å². The van der Waals surface area contributed by atoms with Crippen LogP contribution in [0.4, 0.5) is 4.79 Å². The second kappa shape index (κ2) is 26.1. The number of ether oxygens (including phenoxy) is 2. The fourth-order valence-corrected chi connectivity index (χ4v) is 9.08. The van der Waals surface area contributed by atoms with Gasteiger partial charge in [-0.15, -0.1) is 17.3 Å². The normalized spacial score (nSPS) is 15.1.